The van der Waals surface area contributed by atoms with Crippen LogP contribution in [0.5, 0.6) is 5.75 Å². The van der Waals surface area contributed by atoms with E-state index in [0.29, 0.717) is 5.02 Å². The number of hydrogen-bond acceptors (Lipinski definition) is 4. The Balaban J connectivity index is 2.28. The van der Waals surface area contributed by atoms with Gasteiger partial charge in [-0.3, -0.25) is 0 Å². The second kappa shape index (κ2) is 7.57. The van der Waals surface area contributed by atoms with Crippen LogP contribution in [0.4, 0.5) is 0 Å². The van der Waals surface area contributed by atoms with Crippen molar-refractivity contribution in [3.63, 3.8) is 0 Å². The molecule has 7 heteroatoms. The topological polar surface area (TPSA) is 55.4 Å². The van der Waals surface area contributed by atoms with Gasteiger partial charge in [0.2, 0.25) is 10.0 Å². The zero-order chi connectivity index (χ0) is 17.0. The van der Waals surface area contributed by atoms with Crippen LogP contribution in [-0.2, 0) is 10.0 Å². The second-order valence-electron chi connectivity index (χ2n) is 4.91. The van der Waals surface area contributed by atoms with Gasteiger partial charge < -0.3 is 4.74 Å². The number of benzene rings is 2. The van der Waals surface area contributed by atoms with E-state index in [1.807, 2.05) is 30.5 Å². The third-order valence-electron chi connectivity index (χ3n) is 3.36. The summed E-state index contributed by atoms with van der Waals surface area (Å²) in [7, 11) is -2.33. The molecule has 0 aliphatic carbocycles. The van der Waals surface area contributed by atoms with E-state index >= 15 is 0 Å². The Morgan fingerprint density at radius 1 is 1.17 bits per heavy atom. The standard InChI is InChI=1S/C16H18ClNO3S2/c1-11(12-4-7-14(22-3)8-5-12)18-23(19,20)16-10-13(17)6-9-15(16)21-2/h4-11,18H,1-3H3/t11-/m0/s1. The van der Waals surface area contributed by atoms with Crippen molar-refractivity contribution in [2.75, 3.05) is 13.4 Å². The van der Waals surface area contributed by atoms with Crippen molar-refractivity contribution < 1.29 is 13.2 Å². The Kier molecular flexibility index (Phi) is 5.97. The third-order valence-corrected chi connectivity index (χ3v) is 5.90. The summed E-state index contributed by atoms with van der Waals surface area (Å²) in [5, 5.41) is 0.336. The molecule has 0 amide bonds. The van der Waals surface area contributed by atoms with Crippen molar-refractivity contribution in [1.82, 2.24) is 4.72 Å². The van der Waals surface area contributed by atoms with Gasteiger partial charge in [0, 0.05) is 16.0 Å². The first kappa shape index (κ1) is 18.1. The predicted octanol–water partition coefficient (Wildman–Crippen LogP) is 4.11. The molecule has 0 unspecified atom stereocenters. The molecule has 0 saturated carbocycles. The molecule has 1 atom stereocenters. The van der Waals surface area contributed by atoms with Gasteiger partial charge >= 0.3 is 0 Å². The van der Waals surface area contributed by atoms with Crippen molar-refractivity contribution >= 4 is 33.4 Å². The molecular weight excluding hydrogens is 354 g/mol. The molecule has 0 spiro atoms. The van der Waals surface area contributed by atoms with E-state index in [-0.39, 0.29) is 16.7 Å². The number of thioether (sulfide) groups is 1. The Morgan fingerprint density at radius 3 is 2.39 bits per heavy atom. The minimum Gasteiger partial charge on any atom is -0.495 e. The van der Waals surface area contributed by atoms with Gasteiger partial charge in [-0.15, -0.1) is 11.8 Å². The number of hydrogen-bond donors (Lipinski definition) is 1. The number of rotatable bonds is 6. The molecular formula is C16H18ClNO3S2. The van der Waals surface area contributed by atoms with Gasteiger partial charge in [-0.05, 0) is 49.1 Å². The number of ether oxygens (including phenoxy) is 1. The summed E-state index contributed by atoms with van der Waals surface area (Å²) in [5.74, 6) is 0.256. The smallest absolute Gasteiger partial charge is 0.244 e. The maximum Gasteiger partial charge on any atom is 0.244 e. The normalized spacial score (nSPS) is 12.9. The predicted molar refractivity (Wildman–Crippen MR) is 95.0 cm³/mol. The highest BCUT2D eigenvalue weighted by atomic mass is 35.5. The Morgan fingerprint density at radius 2 is 1.83 bits per heavy atom. The fourth-order valence-corrected chi connectivity index (χ4v) is 4.19. The molecule has 0 aromatic heterocycles. The molecule has 0 radical (unpaired) electrons. The molecule has 1 N–H and O–H groups in total. The average molecular weight is 372 g/mol. The molecule has 0 bridgehead atoms. The minimum atomic E-state index is -3.75. The lowest BCUT2D eigenvalue weighted by Crippen LogP contribution is -2.27. The first-order chi connectivity index (χ1) is 10.9. The zero-order valence-electron chi connectivity index (χ0n) is 13.0. The third kappa shape index (κ3) is 4.41. The molecule has 2 aromatic rings. The number of methoxy groups -OCH3 is 1. The van der Waals surface area contributed by atoms with E-state index in [4.69, 9.17) is 16.3 Å². The Labute approximate surface area is 146 Å². The molecule has 23 heavy (non-hydrogen) atoms. The van der Waals surface area contributed by atoms with E-state index in [1.54, 1.807) is 24.8 Å². The number of halogens is 1. The molecule has 0 aliphatic heterocycles. The lowest BCUT2D eigenvalue weighted by atomic mass is 10.1. The van der Waals surface area contributed by atoms with Crippen LogP contribution in [0, 0.1) is 0 Å². The zero-order valence-corrected chi connectivity index (χ0v) is 15.4. The molecule has 0 heterocycles. The van der Waals surface area contributed by atoms with Gasteiger partial charge in [0.25, 0.3) is 0 Å². The van der Waals surface area contributed by atoms with Gasteiger partial charge in [-0.25, -0.2) is 13.1 Å². The van der Waals surface area contributed by atoms with Gasteiger partial charge in [-0.2, -0.15) is 0 Å². The lowest BCUT2D eigenvalue weighted by Gasteiger charge is -2.16. The summed E-state index contributed by atoms with van der Waals surface area (Å²) >= 11 is 7.55. The molecule has 124 valence electrons. The van der Waals surface area contributed by atoms with Crippen LogP contribution in [0.1, 0.15) is 18.5 Å². The lowest BCUT2D eigenvalue weighted by molar-refractivity contribution is 0.402. The summed E-state index contributed by atoms with van der Waals surface area (Å²) in [5.41, 5.74) is 0.882. The highest BCUT2D eigenvalue weighted by molar-refractivity contribution is 7.98. The quantitative estimate of drug-likeness (QED) is 0.776. The summed E-state index contributed by atoms with van der Waals surface area (Å²) in [6, 6.07) is 11.9. The second-order valence-corrected chi connectivity index (χ2v) is 7.91. The van der Waals surface area contributed by atoms with Gasteiger partial charge in [0.15, 0.2) is 0 Å². The van der Waals surface area contributed by atoms with Gasteiger partial charge in [0.05, 0.1) is 7.11 Å². The molecule has 4 nitrogen and oxygen atoms in total. The van der Waals surface area contributed by atoms with Crippen LogP contribution < -0.4 is 9.46 Å². The highest BCUT2D eigenvalue weighted by Crippen LogP contribution is 2.28. The monoisotopic (exact) mass is 371 g/mol. The van der Waals surface area contributed by atoms with Crippen molar-refractivity contribution in [3.05, 3.63) is 53.1 Å². The van der Waals surface area contributed by atoms with Crippen LogP contribution in [0.25, 0.3) is 0 Å². The van der Waals surface area contributed by atoms with E-state index in [2.05, 4.69) is 4.72 Å². The Bertz CT molecular complexity index is 776. The molecule has 0 aliphatic rings. The first-order valence-corrected chi connectivity index (χ1v) is 9.96. The number of sulfonamides is 1. The van der Waals surface area contributed by atoms with Crippen LogP contribution >= 0.6 is 23.4 Å². The molecule has 0 fully saturated rings. The largest absolute Gasteiger partial charge is 0.495 e. The van der Waals surface area contributed by atoms with Crippen molar-refractivity contribution in [2.24, 2.45) is 0 Å². The Hall–Kier alpha value is -1.21. The van der Waals surface area contributed by atoms with Gasteiger partial charge in [-0.1, -0.05) is 23.7 Å². The van der Waals surface area contributed by atoms with Crippen LogP contribution in [0.2, 0.25) is 5.02 Å². The van der Waals surface area contributed by atoms with Crippen molar-refractivity contribution in [1.29, 1.82) is 0 Å². The van der Waals surface area contributed by atoms with Gasteiger partial charge in [0.1, 0.15) is 10.6 Å². The van der Waals surface area contributed by atoms with Crippen LogP contribution in [0.15, 0.2) is 52.3 Å². The van der Waals surface area contributed by atoms with E-state index in [9.17, 15) is 8.42 Å². The summed E-state index contributed by atoms with van der Waals surface area (Å²) < 4.78 is 33.0. The molecule has 2 aromatic carbocycles. The van der Waals surface area contributed by atoms with Crippen LogP contribution in [0.3, 0.4) is 0 Å². The maximum absolute atomic E-state index is 12.6. The minimum absolute atomic E-state index is 0.0279. The maximum atomic E-state index is 12.6. The average Bonchev–Trinajstić information content (AvgIpc) is 2.54. The summed E-state index contributed by atoms with van der Waals surface area (Å²) in [6.45, 7) is 1.79. The highest BCUT2D eigenvalue weighted by Gasteiger charge is 2.22. The summed E-state index contributed by atoms with van der Waals surface area (Å²) in [6.07, 6.45) is 1.99. The first-order valence-electron chi connectivity index (χ1n) is 6.87. The SMILES string of the molecule is COc1ccc(Cl)cc1S(=O)(=O)N[C@@H](C)c1ccc(SC)cc1. The molecule has 0 saturated heterocycles. The van der Waals surface area contributed by atoms with E-state index in [1.165, 1.54) is 19.2 Å². The fourth-order valence-electron chi connectivity index (χ4n) is 2.12. The summed E-state index contributed by atoms with van der Waals surface area (Å²) in [4.78, 5) is 1.15. The van der Waals surface area contributed by atoms with Crippen LogP contribution in [-0.4, -0.2) is 21.8 Å². The van der Waals surface area contributed by atoms with E-state index in [0.717, 1.165) is 10.5 Å². The van der Waals surface area contributed by atoms with Crippen molar-refractivity contribution in [2.45, 2.75) is 22.8 Å². The number of nitrogens with one attached hydrogen (secondary N) is 1. The molecule has 2 rings (SSSR count). The van der Waals surface area contributed by atoms with E-state index < -0.39 is 10.0 Å². The van der Waals surface area contributed by atoms with Crippen molar-refractivity contribution in [3.8, 4) is 5.75 Å². The fraction of sp³-hybridized carbons (Fsp3) is 0.250.